The molecule has 1 fully saturated rings. The van der Waals surface area contributed by atoms with Crippen LogP contribution in [0.3, 0.4) is 0 Å². The smallest absolute Gasteiger partial charge is 0.279 e. The van der Waals surface area contributed by atoms with Crippen LogP contribution in [0.5, 0.6) is 0 Å². The second-order valence-corrected chi connectivity index (χ2v) is 6.08. The summed E-state index contributed by atoms with van der Waals surface area (Å²) in [7, 11) is 0. The van der Waals surface area contributed by atoms with Crippen molar-refractivity contribution in [2.24, 2.45) is 0 Å². The summed E-state index contributed by atoms with van der Waals surface area (Å²) in [5.74, 6) is 0.470. The zero-order valence-corrected chi connectivity index (χ0v) is 11.0. The fourth-order valence-electron chi connectivity index (χ4n) is 1.29. The molecule has 0 atom stereocenters. The lowest BCUT2D eigenvalue weighted by Crippen LogP contribution is -2.03. The van der Waals surface area contributed by atoms with E-state index >= 15 is 0 Å². The summed E-state index contributed by atoms with van der Waals surface area (Å²) in [5.41, 5.74) is 0.325. The van der Waals surface area contributed by atoms with Crippen LogP contribution in [-0.4, -0.2) is 26.5 Å². The Bertz CT molecular complexity index is 559. The van der Waals surface area contributed by atoms with Gasteiger partial charge >= 0.3 is 0 Å². The van der Waals surface area contributed by atoms with Crippen LogP contribution in [0.1, 0.15) is 18.7 Å². The molecule has 0 amide bonds. The van der Waals surface area contributed by atoms with Gasteiger partial charge in [0, 0.05) is 6.04 Å². The lowest BCUT2D eigenvalue weighted by atomic mass is 10.4. The summed E-state index contributed by atoms with van der Waals surface area (Å²) < 4.78 is 7.70. The van der Waals surface area contributed by atoms with Crippen molar-refractivity contribution in [3.8, 4) is 11.5 Å². The van der Waals surface area contributed by atoms with Gasteiger partial charge in [-0.05, 0) is 23.2 Å². The number of halogens is 3. The van der Waals surface area contributed by atoms with E-state index in [2.05, 4.69) is 30.4 Å². The van der Waals surface area contributed by atoms with Crippen LogP contribution in [0.25, 0.3) is 11.5 Å². The van der Waals surface area contributed by atoms with E-state index in [0.717, 1.165) is 12.8 Å². The number of aromatic nitrogens is 4. The van der Waals surface area contributed by atoms with Crippen LogP contribution in [0.4, 0.5) is 5.82 Å². The summed E-state index contributed by atoms with van der Waals surface area (Å²) in [4.78, 5) is 3.94. The van der Waals surface area contributed by atoms with Crippen LogP contribution in [0.15, 0.2) is 9.15 Å². The summed E-state index contributed by atoms with van der Waals surface area (Å²) in [5, 5.41) is 14.2. The van der Waals surface area contributed by atoms with Crippen molar-refractivity contribution in [1.82, 2.24) is 20.5 Å². The predicted octanol–water partition coefficient (Wildman–Crippen LogP) is 2.52. The molecule has 1 aliphatic rings. The van der Waals surface area contributed by atoms with E-state index in [1.807, 2.05) is 0 Å². The predicted molar refractivity (Wildman–Crippen MR) is 63.5 cm³/mol. The highest BCUT2D eigenvalue weighted by Gasteiger charge is 2.32. The van der Waals surface area contributed by atoms with Crippen LogP contribution in [0, 0.1) is 0 Å². The monoisotopic (exact) mass is 309 g/mol. The SMILES string of the molecule is ClC(Cl)(Cl)c1nc(-c2nonc2NC2CC2)no1. The Morgan fingerprint density at radius 2 is 1.94 bits per heavy atom. The van der Waals surface area contributed by atoms with Crippen molar-refractivity contribution in [1.29, 1.82) is 0 Å². The van der Waals surface area contributed by atoms with Crippen molar-refractivity contribution >= 4 is 40.6 Å². The zero-order chi connectivity index (χ0) is 12.8. The molecule has 0 aromatic carbocycles. The highest BCUT2D eigenvalue weighted by molar-refractivity contribution is 6.66. The number of nitrogens with one attached hydrogen (secondary N) is 1. The number of alkyl halides is 3. The van der Waals surface area contributed by atoms with E-state index in [9.17, 15) is 0 Å². The Balaban J connectivity index is 1.89. The molecule has 7 nitrogen and oxygen atoms in total. The zero-order valence-electron chi connectivity index (χ0n) is 8.73. The van der Waals surface area contributed by atoms with Crippen molar-refractivity contribution in [3.63, 3.8) is 0 Å². The lowest BCUT2D eigenvalue weighted by molar-refractivity contribution is 0.309. The molecule has 2 aromatic heterocycles. The van der Waals surface area contributed by atoms with Gasteiger partial charge in [0.05, 0.1) is 0 Å². The topological polar surface area (TPSA) is 89.9 Å². The van der Waals surface area contributed by atoms with Crippen LogP contribution >= 0.6 is 34.8 Å². The van der Waals surface area contributed by atoms with Gasteiger partial charge in [-0.2, -0.15) is 4.98 Å². The summed E-state index contributed by atoms with van der Waals surface area (Å²) in [6.07, 6.45) is 2.16. The third kappa shape index (κ3) is 2.38. The number of hydrogen-bond acceptors (Lipinski definition) is 7. The van der Waals surface area contributed by atoms with E-state index in [0.29, 0.717) is 17.6 Å². The summed E-state index contributed by atoms with van der Waals surface area (Å²) >= 11 is 16.9. The molecule has 0 spiro atoms. The molecule has 96 valence electrons. The molecule has 0 aliphatic heterocycles. The van der Waals surface area contributed by atoms with Gasteiger partial charge in [0.25, 0.3) is 9.68 Å². The molecule has 2 heterocycles. The first kappa shape index (κ1) is 12.0. The van der Waals surface area contributed by atoms with E-state index in [1.54, 1.807) is 0 Å². The number of rotatable bonds is 3. The molecule has 0 radical (unpaired) electrons. The van der Waals surface area contributed by atoms with Gasteiger partial charge in [-0.25, -0.2) is 4.63 Å². The molecular formula is C8H6Cl3N5O2. The molecule has 1 aliphatic carbocycles. The van der Waals surface area contributed by atoms with Crippen LogP contribution in [0.2, 0.25) is 0 Å². The Morgan fingerprint density at radius 1 is 1.17 bits per heavy atom. The molecule has 1 saturated carbocycles. The number of anilines is 1. The summed E-state index contributed by atoms with van der Waals surface area (Å²) in [6, 6.07) is 0.384. The Morgan fingerprint density at radius 3 is 2.56 bits per heavy atom. The van der Waals surface area contributed by atoms with Gasteiger partial charge in [0.2, 0.25) is 11.6 Å². The third-order valence-electron chi connectivity index (χ3n) is 2.29. The molecular weight excluding hydrogens is 304 g/mol. The Hall–Kier alpha value is -1.05. The quantitative estimate of drug-likeness (QED) is 0.871. The van der Waals surface area contributed by atoms with E-state index in [4.69, 9.17) is 39.3 Å². The number of hydrogen-bond donors (Lipinski definition) is 1. The lowest BCUT2D eigenvalue weighted by Gasteiger charge is -2.01. The van der Waals surface area contributed by atoms with Gasteiger partial charge in [0.15, 0.2) is 5.69 Å². The van der Waals surface area contributed by atoms with Crippen molar-refractivity contribution in [3.05, 3.63) is 5.89 Å². The van der Waals surface area contributed by atoms with Gasteiger partial charge in [-0.3, -0.25) is 0 Å². The van der Waals surface area contributed by atoms with Crippen molar-refractivity contribution in [2.75, 3.05) is 5.32 Å². The molecule has 0 unspecified atom stereocenters. The first-order chi connectivity index (χ1) is 8.54. The molecule has 2 aromatic rings. The second-order valence-electron chi connectivity index (χ2n) is 3.80. The highest BCUT2D eigenvalue weighted by atomic mass is 35.6. The van der Waals surface area contributed by atoms with Crippen LogP contribution in [-0.2, 0) is 3.79 Å². The Kier molecular flexibility index (Phi) is 2.84. The van der Waals surface area contributed by atoms with Gasteiger partial charge in [-0.1, -0.05) is 40.0 Å². The highest BCUT2D eigenvalue weighted by Crippen LogP contribution is 2.38. The molecule has 1 N–H and O–H groups in total. The molecule has 18 heavy (non-hydrogen) atoms. The van der Waals surface area contributed by atoms with E-state index < -0.39 is 3.79 Å². The first-order valence-corrected chi connectivity index (χ1v) is 6.18. The molecule has 0 saturated heterocycles. The maximum atomic E-state index is 5.63. The minimum Gasteiger partial charge on any atom is -0.363 e. The number of nitrogens with zero attached hydrogens (tertiary/aromatic N) is 4. The van der Waals surface area contributed by atoms with Gasteiger partial charge < -0.3 is 9.84 Å². The fraction of sp³-hybridized carbons (Fsp3) is 0.500. The van der Waals surface area contributed by atoms with Gasteiger partial charge in [-0.15, -0.1) is 0 Å². The van der Waals surface area contributed by atoms with E-state index in [-0.39, 0.29) is 11.7 Å². The Labute approximate surface area is 116 Å². The summed E-state index contributed by atoms with van der Waals surface area (Å²) in [6.45, 7) is 0. The second kappa shape index (κ2) is 4.25. The minimum atomic E-state index is -1.77. The van der Waals surface area contributed by atoms with Crippen molar-refractivity contribution < 1.29 is 9.15 Å². The average Bonchev–Trinajstić information content (AvgIpc) is 2.79. The maximum Gasteiger partial charge on any atom is 0.279 e. The minimum absolute atomic E-state index is 0.136. The maximum absolute atomic E-state index is 5.63. The third-order valence-corrected chi connectivity index (χ3v) is 2.77. The normalized spacial score (nSPS) is 15.9. The molecule has 10 heteroatoms. The largest absolute Gasteiger partial charge is 0.363 e. The first-order valence-electron chi connectivity index (χ1n) is 5.04. The fourth-order valence-corrected chi connectivity index (χ4v) is 1.52. The molecule has 3 rings (SSSR count). The van der Waals surface area contributed by atoms with Crippen LogP contribution < -0.4 is 5.32 Å². The standard InChI is InChI=1S/C8H6Cl3N5O2/c9-8(10,11)7-13-6(15-17-7)4-5(16-18-14-4)12-3-1-2-3/h3H,1-2H2,(H,12,16). The van der Waals surface area contributed by atoms with E-state index in [1.165, 1.54) is 0 Å². The van der Waals surface area contributed by atoms with Crippen molar-refractivity contribution in [2.45, 2.75) is 22.7 Å². The molecule has 0 bridgehead atoms. The average molecular weight is 311 g/mol. The van der Waals surface area contributed by atoms with Gasteiger partial charge in [0.1, 0.15) is 0 Å².